The molecule has 1 heterocycles. The number of hydrogen-bond acceptors (Lipinski definition) is 2. The van der Waals surface area contributed by atoms with Crippen molar-refractivity contribution in [3.63, 3.8) is 0 Å². The molecule has 0 radical (unpaired) electrons. The maximum Gasteiger partial charge on any atom is 0.241 e. The Morgan fingerprint density at radius 1 is 0.968 bits per heavy atom. The summed E-state index contributed by atoms with van der Waals surface area (Å²) in [7, 11) is 1.68. The van der Waals surface area contributed by atoms with E-state index in [0.717, 1.165) is 39.9 Å². The van der Waals surface area contributed by atoms with E-state index >= 15 is 0 Å². The standard InChI is InChI=1S/C26H26ClN3O/c1-28-26(31)25(19-5-3-2-4-6-19)30-24(13-9-18-7-11-22(27)12-8-18)20-10-14-23-21(17-20)15-16-29-23/h2-8,10-12,14-17,24-25,29-30H,9,13H2,1H3,(H,28,31)/t24-,25-/m1/s1. The maximum absolute atomic E-state index is 12.8. The molecule has 3 N–H and O–H groups in total. The van der Waals surface area contributed by atoms with Crippen LogP contribution < -0.4 is 10.6 Å². The van der Waals surface area contributed by atoms with E-state index in [2.05, 4.69) is 52.0 Å². The van der Waals surface area contributed by atoms with E-state index in [-0.39, 0.29) is 11.9 Å². The molecule has 1 aromatic heterocycles. The Kier molecular flexibility index (Phi) is 6.70. The fourth-order valence-corrected chi connectivity index (χ4v) is 4.04. The van der Waals surface area contributed by atoms with Crippen molar-refractivity contribution in [2.75, 3.05) is 7.05 Å². The molecule has 3 aromatic carbocycles. The Balaban J connectivity index is 1.64. The number of nitrogens with one attached hydrogen (secondary N) is 3. The number of likely N-dealkylation sites (N-methyl/N-ethyl adjacent to an activating group) is 1. The zero-order valence-electron chi connectivity index (χ0n) is 17.4. The number of aromatic amines is 1. The highest BCUT2D eigenvalue weighted by Gasteiger charge is 2.24. The van der Waals surface area contributed by atoms with Gasteiger partial charge < -0.3 is 10.3 Å². The lowest BCUT2D eigenvalue weighted by molar-refractivity contribution is -0.123. The Labute approximate surface area is 187 Å². The summed E-state index contributed by atoms with van der Waals surface area (Å²) in [5.41, 5.74) is 4.42. The summed E-state index contributed by atoms with van der Waals surface area (Å²) in [6.45, 7) is 0. The van der Waals surface area contributed by atoms with Crippen LogP contribution in [0, 0.1) is 0 Å². The van der Waals surface area contributed by atoms with Crippen LogP contribution in [-0.2, 0) is 11.2 Å². The molecule has 0 saturated heterocycles. The number of H-pyrrole nitrogens is 1. The van der Waals surface area contributed by atoms with Gasteiger partial charge in [-0.15, -0.1) is 0 Å². The maximum atomic E-state index is 12.8. The first-order valence-electron chi connectivity index (χ1n) is 10.5. The lowest BCUT2D eigenvalue weighted by atomic mass is 9.95. The molecule has 4 rings (SSSR count). The van der Waals surface area contributed by atoms with Crippen molar-refractivity contribution in [2.24, 2.45) is 0 Å². The quantitative estimate of drug-likeness (QED) is 0.341. The van der Waals surface area contributed by atoms with Gasteiger partial charge in [0.2, 0.25) is 5.91 Å². The molecule has 0 aliphatic heterocycles. The van der Waals surface area contributed by atoms with Crippen molar-refractivity contribution < 1.29 is 4.79 Å². The van der Waals surface area contributed by atoms with Crippen molar-refractivity contribution in [1.29, 1.82) is 0 Å². The van der Waals surface area contributed by atoms with Crippen LogP contribution in [0.1, 0.15) is 35.2 Å². The van der Waals surface area contributed by atoms with E-state index in [1.807, 2.05) is 48.7 Å². The first-order valence-corrected chi connectivity index (χ1v) is 10.9. The van der Waals surface area contributed by atoms with Gasteiger partial charge in [0.25, 0.3) is 0 Å². The second kappa shape index (κ2) is 9.82. The van der Waals surface area contributed by atoms with E-state index in [9.17, 15) is 4.79 Å². The lowest BCUT2D eigenvalue weighted by Gasteiger charge is -2.26. The smallest absolute Gasteiger partial charge is 0.241 e. The number of halogens is 1. The summed E-state index contributed by atoms with van der Waals surface area (Å²) in [6.07, 6.45) is 3.66. The fraction of sp³-hybridized carbons (Fsp3) is 0.192. The summed E-state index contributed by atoms with van der Waals surface area (Å²) in [4.78, 5) is 16.0. The molecular weight excluding hydrogens is 406 g/mol. The topological polar surface area (TPSA) is 56.9 Å². The average Bonchev–Trinajstić information content (AvgIpc) is 3.28. The third kappa shape index (κ3) is 5.16. The largest absolute Gasteiger partial charge is 0.361 e. The number of benzene rings is 3. The number of aromatic nitrogens is 1. The zero-order valence-corrected chi connectivity index (χ0v) is 18.2. The minimum absolute atomic E-state index is 0.00233. The molecule has 0 spiro atoms. The Morgan fingerprint density at radius 3 is 2.48 bits per heavy atom. The van der Waals surface area contributed by atoms with Gasteiger partial charge in [0, 0.05) is 29.8 Å². The molecular formula is C26H26ClN3O. The van der Waals surface area contributed by atoms with Crippen LogP contribution in [0.2, 0.25) is 5.02 Å². The van der Waals surface area contributed by atoms with Crippen LogP contribution in [0.15, 0.2) is 85.1 Å². The molecule has 5 heteroatoms. The van der Waals surface area contributed by atoms with E-state index in [1.165, 1.54) is 5.56 Å². The van der Waals surface area contributed by atoms with Gasteiger partial charge in [-0.3, -0.25) is 10.1 Å². The molecule has 1 amide bonds. The summed E-state index contributed by atoms with van der Waals surface area (Å²) in [5, 5.41) is 8.33. The highest BCUT2D eigenvalue weighted by molar-refractivity contribution is 6.30. The normalized spacial score (nSPS) is 13.1. The first-order chi connectivity index (χ1) is 15.1. The molecule has 0 aliphatic rings. The van der Waals surface area contributed by atoms with Crippen molar-refractivity contribution in [3.8, 4) is 0 Å². The second-order valence-electron chi connectivity index (χ2n) is 7.67. The molecule has 158 valence electrons. The highest BCUT2D eigenvalue weighted by Crippen LogP contribution is 2.27. The molecule has 0 fully saturated rings. The molecule has 0 saturated carbocycles. The van der Waals surface area contributed by atoms with Crippen molar-refractivity contribution >= 4 is 28.4 Å². The van der Waals surface area contributed by atoms with Crippen LogP contribution in [0.4, 0.5) is 0 Å². The fourth-order valence-electron chi connectivity index (χ4n) is 3.91. The predicted molar refractivity (Wildman–Crippen MR) is 127 cm³/mol. The van der Waals surface area contributed by atoms with Crippen molar-refractivity contribution in [1.82, 2.24) is 15.6 Å². The summed E-state index contributed by atoms with van der Waals surface area (Å²) in [5.74, 6) is -0.0505. The molecule has 31 heavy (non-hydrogen) atoms. The van der Waals surface area contributed by atoms with Crippen LogP contribution in [0.5, 0.6) is 0 Å². The van der Waals surface area contributed by atoms with Gasteiger partial charge in [-0.2, -0.15) is 0 Å². The monoisotopic (exact) mass is 431 g/mol. The highest BCUT2D eigenvalue weighted by atomic mass is 35.5. The van der Waals surface area contributed by atoms with Crippen LogP contribution in [0.3, 0.4) is 0 Å². The summed E-state index contributed by atoms with van der Waals surface area (Å²) in [6, 6.07) is 25.8. The number of carbonyl (C=O) groups is 1. The van der Waals surface area contributed by atoms with E-state index in [0.29, 0.717) is 0 Å². The van der Waals surface area contributed by atoms with Crippen LogP contribution in [0.25, 0.3) is 10.9 Å². The number of amides is 1. The predicted octanol–water partition coefficient (Wildman–Crippen LogP) is 5.57. The number of carbonyl (C=O) groups excluding carboxylic acids is 1. The number of aryl methyl sites for hydroxylation is 1. The third-order valence-electron chi connectivity index (χ3n) is 5.62. The van der Waals surface area contributed by atoms with Crippen LogP contribution >= 0.6 is 11.6 Å². The first kappa shape index (κ1) is 21.2. The molecule has 4 nitrogen and oxygen atoms in total. The summed E-state index contributed by atoms with van der Waals surface area (Å²) >= 11 is 6.04. The minimum atomic E-state index is -0.441. The van der Waals surface area contributed by atoms with Gasteiger partial charge in [-0.05, 0) is 65.3 Å². The zero-order chi connectivity index (χ0) is 21.6. The Hall–Kier alpha value is -3.08. The molecule has 0 bridgehead atoms. The third-order valence-corrected chi connectivity index (χ3v) is 5.88. The van der Waals surface area contributed by atoms with Crippen molar-refractivity contribution in [3.05, 3.63) is 107 Å². The number of hydrogen-bond donors (Lipinski definition) is 3. The molecule has 4 aromatic rings. The van der Waals surface area contributed by atoms with E-state index < -0.39 is 6.04 Å². The SMILES string of the molecule is CNC(=O)[C@H](N[C@H](CCc1ccc(Cl)cc1)c1ccc2[nH]ccc2c1)c1ccccc1. The lowest BCUT2D eigenvalue weighted by Crippen LogP contribution is -2.38. The van der Waals surface area contributed by atoms with Gasteiger partial charge in [0.1, 0.15) is 6.04 Å². The van der Waals surface area contributed by atoms with Gasteiger partial charge in [0.15, 0.2) is 0 Å². The minimum Gasteiger partial charge on any atom is -0.361 e. The van der Waals surface area contributed by atoms with Crippen molar-refractivity contribution in [2.45, 2.75) is 24.9 Å². The van der Waals surface area contributed by atoms with Crippen LogP contribution in [-0.4, -0.2) is 17.9 Å². The molecule has 0 unspecified atom stereocenters. The molecule has 2 atom stereocenters. The number of rotatable bonds is 8. The Morgan fingerprint density at radius 2 is 1.74 bits per heavy atom. The average molecular weight is 432 g/mol. The van der Waals surface area contributed by atoms with Gasteiger partial charge >= 0.3 is 0 Å². The van der Waals surface area contributed by atoms with E-state index in [4.69, 9.17) is 11.6 Å². The van der Waals surface area contributed by atoms with E-state index in [1.54, 1.807) is 7.05 Å². The summed E-state index contributed by atoms with van der Waals surface area (Å²) < 4.78 is 0. The van der Waals surface area contributed by atoms with Gasteiger partial charge in [0.05, 0.1) is 0 Å². The van der Waals surface area contributed by atoms with Gasteiger partial charge in [-0.1, -0.05) is 60.1 Å². The van der Waals surface area contributed by atoms with Gasteiger partial charge in [-0.25, -0.2) is 0 Å². The number of fused-ring (bicyclic) bond motifs is 1. The second-order valence-corrected chi connectivity index (χ2v) is 8.10. The Bertz CT molecular complexity index is 1140. The molecule has 0 aliphatic carbocycles.